The average Bonchev–Trinajstić information content (AvgIpc) is 3.20. The Kier molecular flexibility index (Phi) is 4.90. The van der Waals surface area contributed by atoms with Gasteiger partial charge in [-0.3, -0.25) is 4.90 Å². The molecule has 1 fully saturated rings. The molecule has 1 atom stereocenters. The highest BCUT2D eigenvalue weighted by molar-refractivity contribution is 5.23. The molecular weight excluding hydrogens is 279 g/mol. The van der Waals surface area contributed by atoms with Crippen molar-refractivity contribution in [3.8, 4) is 0 Å². The minimum atomic E-state index is -0.144. The Hall–Kier alpha value is -1.65. The van der Waals surface area contributed by atoms with Crippen LogP contribution >= 0.6 is 0 Å². The third kappa shape index (κ3) is 3.57. The highest BCUT2D eigenvalue weighted by Crippen LogP contribution is 2.25. The lowest BCUT2D eigenvalue weighted by atomic mass is 10.1. The van der Waals surface area contributed by atoms with Crippen molar-refractivity contribution in [1.29, 1.82) is 0 Å². The predicted molar refractivity (Wildman–Crippen MR) is 85.1 cm³/mol. The number of aryl methyl sites for hydroxylation is 1. The van der Waals surface area contributed by atoms with Crippen LogP contribution in [0.25, 0.3) is 0 Å². The zero-order valence-electron chi connectivity index (χ0n) is 13.0. The molecule has 0 aliphatic carbocycles. The maximum absolute atomic E-state index is 13.3. The van der Waals surface area contributed by atoms with E-state index in [1.807, 2.05) is 24.3 Å². The molecule has 0 amide bonds. The molecule has 1 N–H and O–H groups in total. The molecule has 3 rings (SSSR count). The topological polar surface area (TPSA) is 28.4 Å². The Morgan fingerprint density at radius 3 is 2.77 bits per heavy atom. The highest BCUT2D eigenvalue weighted by Gasteiger charge is 2.24. The number of nitrogens with one attached hydrogen (secondary N) is 1. The highest BCUT2D eigenvalue weighted by atomic mass is 19.1. The first kappa shape index (κ1) is 15.3. The Labute approximate surface area is 131 Å². The van der Waals surface area contributed by atoms with E-state index in [-0.39, 0.29) is 11.9 Å². The van der Waals surface area contributed by atoms with Gasteiger partial charge in [-0.1, -0.05) is 12.1 Å². The molecule has 1 aromatic heterocycles. The van der Waals surface area contributed by atoms with Gasteiger partial charge in [0.05, 0.1) is 12.3 Å². The summed E-state index contributed by atoms with van der Waals surface area (Å²) in [5.74, 6) is 0.874. The van der Waals surface area contributed by atoms with E-state index in [1.165, 1.54) is 18.9 Å². The lowest BCUT2D eigenvalue weighted by molar-refractivity contribution is 0.209. The molecule has 22 heavy (non-hydrogen) atoms. The molecule has 118 valence electrons. The van der Waals surface area contributed by atoms with Gasteiger partial charge in [0.2, 0.25) is 0 Å². The second-order valence-corrected chi connectivity index (χ2v) is 5.99. The van der Waals surface area contributed by atoms with Gasteiger partial charge in [0.25, 0.3) is 0 Å². The molecule has 0 saturated carbocycles. The summed E-state index contributed by atoms with van der Waals surface area (Å²) in [7, 11) is 0. The van der Waals surface area contributed by atoms with Crippen LogP contribution < -0.4 is 5.32 Å². The van der Waals surface area contributed by atoms with Crippen molar-refractivity contribution >= 4 is 0 Å². The number of hydrogen-bond acceptors (Lipinski definition) is 3. The van der Waals surface area contributed by atoms with Gasteiger partial charge < -0.3 is 9.73 Å². The maximum Gasteiger partial charge on any atom is 0.126 e. The van der Waals surface area contributed by atoms with Crippen molar-refractivity contribution < 1.29 is 8.81 Å². The summed E-state index contributed by atoms with van der Waals surface area (Å²) in [6, 6.07) is 9.55. The smallest absolute Gasteiger partial charge is 0.126 e. The van der Waals surface area contributed by atoms with Crippen LogP contribution in [0, 0.1) is 12.7 Å². The molecule has 1 aliphatic rings. The van der Waals surface area contributed by atoms with Crippen LogP contribution in [-0.2, 0) is 6.54 Å². The first-order valence-electron chi connectivity index (χ1n) is 7.97. The van der Waals surface area contributed by atoms with E-state index in [0.717, 1.165) is 37.5 Å². The summed E-state index contributed by atoms with van der Waals surface area (Å²) >= 11 is 0. The van der Waals surface area contributed by atoms with Crippen LogP contribution in [0.4, 0.5) is 4.39 Å². The lowest BCUT2D eigenvalue weighted by Gasteiger charge is -2.26. The molecule has 4 heteroatoms. The molecule has 3 nitrogen and oxygen atoms in total. The Morgan fingerprint density at radius 1 is 1.27 bits per heavy atom. The van der Waals surface area contributed by atoms with Crippen LogP contribution in [0.3, 0.4) is 0 Å². The number of benzene rings is 1. The second-order valence-electron chi connectivity index (χ2n) is 5.99. The number of rotatable bonds is 6. The van der Waals surface area contributed by atoms with E-state index in [0.29, 0.717) is 5.56 Å². The third-order valence-corrected chi connectivity index (χ3v) is 4.34. The number of nitrogens with zero attached hydrogens (tertiary/aromatic N) is 1. The van der Waals surface area contributed by atoms with Crippen molar-refractivity contribution in [1.82, 2.24) is 10.2 Å². The van der Waals surface area contributed by atoms with Crippen molar-refractivity contribution in [2.24, 2.45) is 0 Å². The fourth-order valence-corrected chi connectivity index (χ4v) is 3.11. The molecule has 1 aliphatic heterocycles. The zero-order valence-corrected chi connectivity index (χ0v) is 13.0. The van der Waals surface area contributed by atoms with Crippen molar-refractivity contribution in [2.45, 2.75) is 32.4 Å². The molecule has 0 spiro atoms. The standard InChI is InChI=1S/C18H23FN2O/c1-14-11-15(6-7-16(14)19)12-20-13-17(18-5-4-10-22-18)21-8-2-3-9-21/h4-7,10-11,17,20H,2-3,8-9,12-13H2,1H3. The van der Waals surface area contributed by atoms with Gasteiger partial charge in [0, 0.05) is 13.1 Å². The number of hydrogen-bond donors (Lipinski definition) is 1. The fourth-order valence-electron chi connectivity index (χ4n) is 3.11. The van der Waals surface area contributed by atoms with Crippen LogP contribution in [0.5, 0.6) is 0 Å². The number of furan rings is 1. The molecule has 1 aromatic carbocycles. The molecule has 2 aromatic rings. The number of likely N-dealkylation sites (tertiary alicyclic amines) is 1. The first-order valence-corrected chi connectivity index (χ1v) is 7.97. The minimum absolute atomic E-state index is 0.144. The zero-order chi connectivity index (χ0) is 15.4. The summed E-state index contributed by atoms with van der Waals surface area (Å²) in [6.07, 6.45) is 4.25. The minimum Gasteiger partial charge on any atom is -0.468 e. The molecule has 0 radical (unpaired) electrons. The van der Waals surface area contributed by atoms with E-state index >= 15 is 0 Å². The van der Waals surface area contributed by atoms with E-state index in [2.05, 4.69) is 10.2 Å². The van der Waals surface area contributed by atoms with Crippen LogP contribution in [0.15, 0.2) is 41.0 Å². The van der Waals surface area contributed by atoms with E-state index in [4.69, 9.17) is 4.42 Å². The van der Waals surface area contributed by atoms with Gasteiger partial charge >= 0.3 is 0 Å². The second kappa shape index (κ2) is 7.07. The van der Waals surface area contributed by atoms with Gasteiger partial charge in [-0.2, -0.15) is 0 Å². The Bertz CT molecular complexity index is 591. The lowest BCUT2D eigenvalue weighted by Crippen LogP contribution is -2.33. The molecule has 0 bridgehead atoms. The van der Waals surface area contributed by atoms with Crippen LogP contribution in [0.1, 0.15) is 35.8 Å². The number of halogens is 1. The first-order chi connectivity index (χ1) is 10.7. The van der Waals surface area contributed by atoms with E-state index < -0.39 is 0 Å². The van der Waals surface area contributed by atoms with Crippen LogP contribution in [-0.4, -0.2) is 24.5 Å². The summed E-state index contributed by atoms with van der Waals surface area (Å²) < 4.78 is 18.9. The SMILES string of the molecule is Cc1cc(CNCC(c2ccco2)N2CCCC2)ccc1F. The maximum atomic E-state index is 13.3. The molecule has 1 unspecified atom stereocenters. The third-order valence-electron chi connectivity index (χ3n) is 4.34. The quantitative estimate of drug-likeness (QED) is 0.883. The molecule has 1 saturated heterocycles. The molecule has 2 heterocycles. The predicted octanol–water partition coefficient (Wildman–Crippen LogP) is 3.65. The van der Waals surface area contributed by atoms with Gasteiger partial charge in [0.1, 0.15) is 11.6 Å². The monoisotopic (exact) mass is 302 g/mol. The van der Waals surface area contributed by atoms with Crippen molar-refractivity contribution in [3.63, 3.8) is 0 Å². The normalized spacial score (nSPS) is 17.0. The van der Waals surface area contributed by atoms with E-state index in [1.54, 1.807) is 13.2 Å². The Balaban J connectivity index is 1.60. The summed E-state index contributed by atoms with van der Waals surface area (Å²) in [4.78, 5) is 2.47. The Morgan fingerprint density at radius 2 is 2.09 bits per heavy atom. The van der Waals surface area contributed by atoms with Gasteiger partial charge in [-0.25, -0.2) is 4.39 Å². The van der Waals surface area contributed by atoms with Crippen LogP contribution in [0.2, 0.25) is 0 Å². The van der Waals surface area contributed by atoms with Gasteiger partial charge in [-0.15, -0.1) is 0 Å². The molecular formula is C18H23FN2O. The van der Waals surface area contributed by atoms with Crippen molar-refractivity contribution in [2.75, 3.05) is 19.6 Å². The fraction of sp³-hybridized carbons (Fsp3) is 0.444. The largest absolute Gasteiger partial charge is 0.468 e. The van der Waals surface area contributed by atoms with Crippen molar-refractivity contribution in [3.05, 3.63) is 59.3 Å². The average molecular weight is 302 g/mol. The summed E-state index contributed by atoms with van der Waals surface area (Å²) in [6.45, 7) is 5.64. The summed E-state index contributed by atoms with van der Waals surface area (Å²) in [5.41, 5.74) is 1.81. The summed E-state index contributed by atoms with van der Waals surface area (Å²) in [5, 5.41) is 3.49. The van der Waals surface area contributed by atoms with Gasteiger partial charge in [0.15, 0.2) is 0 Å². The van der Waals surface area contributed by atoms with Gasteiger partial charge in [-0.05, 0) is 62.2 Å². The van der Waals surface area contributed by atoms with E-state index in [9.17, 15) is 4.39 Å².